The van der Waals surface area contributed by atoms with Crippen LogP contribution >= 0.6 is 0 Å². The maximum atomic E-state index is 13.1. The number of aromatic nitrogens is 3. The predicted molar refractivity (Wildman–Crippen MR) is 126 cm³/mol. The van der Waals surface area contributed by atoms with Crippen LogP contribution in [0.1, 0.15) is 22.3 Å². The summed E-state index contributed by atoms with van der Waals surface area (Å²) < 4.78 is 42.9. The lowest BCUT2D eigenvalue weighted by atomic mass is 10.1. The number of carbonyl (C=O) groups excluding carboxylic acids is 1. The van der Waals surface area contributed by atoms with Gasteiger partial charge in [0.1, 0.15) is 5.82 Å². The van der Waals surface area contributed by atoms with E-state index in [1.165, 1.54) is 30.3 Å². The zero-order valence-corrected chi connectivity index (χ0v) is 19.0. The van der Waals surface area contributed by atoms with E-state index in [-0.39, 0.29) is 21.5 Å². The Labute approximate surface area is 194 Å². The molecule has 0 radical (unpaired) electrons. The van der Waals surface area contributed by atoms with Gasteiger partial charge in [-0.05, 0) is 61.4 Å². The number of nitrogens with zero attached hydrogens (tertiary/aromatic N) is 2. The quantitative estimate of drug-likeness (QED) is 0.332. The first kappa shape index (κ1) is 23.2. The molecule has 176 valence electrons. The molecule has 0 aliphatic rings. The monoisotopic (exact) mass is 483 g/mol. The number of carbonyl (C=O) groups is 1. The lowest BCUT2D eigenvalue weighted by Crippen LogP contribution is -2.27. The van der Waals surface area contributed by atoms with Gasteiger partial charge < -0.3 is 10.3 Å². The van der Waals surface area contributed by atoms with Gasteiger partial charge in [0.15, 0.2) is 0 Å². The van der Waals surface area contributed by atoms with Crippen molar-refractivity contribution >= 4 is 32.5 Å². The van der Waals surface area contributed by atoms with Gasteiger partial charge in [0.05, 0.1) is 16.7 Å². The van der Waals surface area contributed by atoms with Crippen molar-refractivity contribution in [3.63, 3.8) is 0 Å². The van der Waals surface area contributed by atoms with Crippen LogP contribution < -0.4 is 15.6 Å². The second-order valence-corrected chi connectivity index (χ2v) is 9.44. The van der Waals surface area contributed by atoms with Crippen LogP contribution in [0.25, 0.3) is 10.9 Å². The average molecular weight is 484 g/mol. The van der Waals surface area contributed by atoms with Gasteiger partial charge in [0.25, 0.3) is 15.9 Å². The van der Waals surface area contributed by atoms with Crippen LogP contribution in [-0.2, 0) is 16.6 Å². The van der Waals surface area contributed by atoms with Gasteiger partial charge in [-0.2, -0.15) is 5.10 Å². The molecule has 3 N–H and O–H groups in total. The first-order chi connectivity index (χ1) is 16.2. The molecule has 0 spiro atoms. The second-order valence-electron chi connectivity index (χ2n) is 7.76. The first-order valence-electron chi connectivity index (χ1n) is 10.4. The minimum atomic E-state index is -4.03. The number of amides is 1. The molecule has 0 bridgehead atoms. The van der Waals surface area contributed by atoms with Crippen LogP contribution in [0.3, 0.4) is 0 Å². The van der Waals surface area contributed by atoms with Crippen molar-refractivity contribution in [3.8, 4) is 0 Å². The molecule has 0 saturated carbocycles. The first-order valence-corrected chi connectivity index (χ1v) is 11.9. The molecule has 2 aromatic carbocycles. The minimum absolute atomic E-state index is 0.0625. The minimum Gasteiger partial charge on any atom is -0.352 e. The Morgan fingerprint density at radius 1 is 1.15 bits per heavy atom. The zero-order valence-electron chi connectivity index (χ0n) is 18.2. The van der Waals surface area contributed by atoms with Gasteiger partial charge in [-0.15, -0.1) is 0 Å². The number of hydrogen-bond acceptors (Lipinski definition) is 5. The summed E-state index contributed by atoms with van der Waals surface area (Å²) in [5, 5.41) is 7.23. The number of pyridine rings is 1. The number of nitrogens with one attached hydrogen (secondary N) is 3. The number of rotatable bonds is 8. The Kier molecular flexibility index (Phi) is 6.46. The average Bonchev–Trinajstić information content (AvgIpc) is 3.22. The summed E-state index contributed by atoms with van der Waals surface area (Å²) in [5.74, 6) is -0.984. The van der Waals surface area contributed by atoms with Crippen molar-refractivity contribution in [1.29, 1.82) is 0 Å². The van der Waals surface area contributed by atoms with Crippen molar-refractivity contribution < 1.29 is 17.6 Å². The summed E-state index contributed by atoms with van der Waals surface area (Å²) in [6, 6.07) is 10.1. The summed E-state index contributed by atoms with van der Waals surface area (Å²) in [4.78, 5) is 27.4. The summed E-state index contributed by atoms with van der Waals surface area (Å²) in [6.45, 7) is 2.89. The second kappa shape index (κ2) is 9.48. The molecule has 0 atom stereocenters. The summed E-state index contributed by atoms with van der Waals surface area (Å²) in [5.41, 5.74) is 1.13. The highest BCUT2D eigenvalue weighted by Crippen LogP contribution is 2.22. The van der Waals surface area contributed by atoms with E-state index in [4.69, 9.17) is 0 Å². The highest BCUT2D eigenvalue weighted by molar-refractivity contribution is 7.92. The molecule has 4 aromatic rings. The number of H-pyrrole nitrogens is 1. The van der Waals surface area contributed by atoms with Gasteiger partial charge in [0.2, 0.25) is 5.56 Å². The Morgan fingerprint density at radius 2 is 1.91 bits per heavy atom. The van der Waals surface area contributed by atoms with Crippen molar-refractivity contribution in [2.75, 3.05) is 11.3 Å². The van der Waals surface area contributed by atoms with E-state index in [2.05, 4.69) is 20.1 Å². The number of aryl methyl sites for hydroxylation is 2. The molecule has 11 heteroatoms. The normalized spacial score (nSPS) is 11.5. The smallest absolute Gasteiger partial charge is 0.261 e. The third-order valence-corrected chi connectivity index (χ3v) is 6.46. The molecule has 34 heavy (non-hydrogen) atoms. The summed E-state index contributed by atoms with van der Waals surface area (Å²) in [6.07, 6.45) is 4.26. The Morgan fingerprint density at radius 3 is 2.62 bits per heavy atom. The Hall–Kier alpha value is -3.99. The van der Waals surface area contributed by atoms with Gasteiger partial charge >= 0.3 is 0 Å². The van der Waals surface area contributed by atoms with E-state index in [0.717, 1.165) is 23.8 Å². The Bertz CT molecular complexity index is 1510. The Balaban J connectivity index is 1.55. The molecule has 1 amide bonds. The molecular formula is C23H22FN5O4S. The standard InChI is InChI=1S/C23H22FN5O4S/c1-15-13-26-29(14-15)10-2-9-25-23(31)20-12-22(30)27-21-8-7-18(11-19(20)21)34(32,33)28-17-5-3-16(24)4-6-17/h3-8,11-14,28H,2,9-10H2,1H3,(H,25,31)(H,27,30). The van der Waals surface area contributed by atoms with E-state index < -0.39 is 27.3 Å². The number of anilines is 1. The predicted octanol–water partition coefficient (Wildman–Crippen LogP) is 2.79. The van der Waals surface area contributed by atoms with Crippen molar-refractivity contribution in [1.82, 2.24) is 20.1 Å². The van der Waals surface area contributed by atoms with E-state index in [0.29, 0.717) is 25.0 Å². The molecule has 0 fully saturated rings. The molecule has 0 aliphatic heterocycles. The third kappa shape index (κ3) is 5.31. The van der Waals surface area contributed by atoms with Crippen molar-refractivity contribution in [3.05, 3.63) is 88.2 Å². The van der Waals surface area contributed by atoms with Crippen LogP contribution in [0.15, 0.2) is 70.6 Å². The van der Waals surface area contributed by atoms with Crippen molar-refractivity contribution in [2.45, 2.75) is 24.8 Å². The summed E-state index contributed by atoms with van der Waals surface area (Å²) >= 11 is 0. The van der Waals surface area contributed by atoms with Gasteiger partial charge in [0, 0.05) is 41.9 Å². The fraction of sp³-hybridized carbons (Fsp3) is 0.174. The molecule has 0 saturated heterocycles. The van der Waals surface area contributed by atoms with Crippen LogP contribution in [0.5, 0.6) is 0 Å². The van der Waals surface area contributed by atoms with Gasteiger partial charge in [-0.25, -0.2) is 12.8 Å². The SMILES string of the molecule is Cc1cnn(CCCNC(=O)c2cc(=O)[nH]c3ccc(S(=O)(=O)Nc4ccc(F)cc4)cc23)c1. The molecule has 4 rings (SSSR count). The fourth-order valence-corrected chi connectivity index (χ4v) is 4.53. The number of halogens is 1. The number of sulfonamides is 1. The fourth-order valence-electron chi connectivity index (χ4n) is 3.45. The van der Waals surface area contributed by atoms with E-state index >= 15 is 0 Å². The van der Waals surface area contributed by atoms with Crippen LogP contribution in [0.4, 0.5) is 10.1 Å². The maximum Gasteiger partial charge on any atom is 0.261 e. The third-order valence-electron chi connectivity index (χ3n) is 5.08. The number of benzene rings is 2. The van der Waals surface area contributed by atoms with Crippen LogP contribution in [0.2, 0.25) is 0 Å². The lowest BCUT2D eigenvalue weighted by Gasteiger charge is -2.11. The number of aromatic amines is 1. The van der Waals surface area contributed by atoms with E-state index in [1.54, 1.807) is 10.9 Å². The molecule has 0 aliphatic carbocycles. The maximum absolute atomic E-state index is 13.1. The molecule has 2 heterocycles. The highest BCUT2D eigenvalue weighted by atomic mass is 32.2. The number of fused-ring (bicyclic) bond motifs is 1. The number of hydrogen-bond donors (Lipinski definition) is 3. The van der Waals surface area contributed by atoms with Gasteiger partial charge in [-0.1, -0.05) is 0 Å². The zero-order chi connectivity index (χ0) is 24.3. The molecular weight excluding hydrogens is 461 g/mol. The largest absolute Gasteiger partial charge is 0.352 e. The lowest BCUT2D eigenvalue weighted by molar-refractivity contribution is 0.0954. The van der Waals surface area contributed by atoms with Gasteiger partial charge in [-0.3, -0.25) is 19.0 Å². The highest BCUT2D eigenvalue weighted by Gasteiger charge is 2.18. The topological polar surface area (TPSA) is 126 Å². The van der Waals surface area contributed by atoms with E-state index in [1.807, 2.05) is 13.1 Å². The van der Waals surface area contributed by atoms with Crippen LogP contribution in [-0.4, -0.2) is 35.6 Å². The molecule has 0 unspecified atom stereocenters. The molecule has 2 aromatic heterocycles. The molecule has 9 nitrogen and oxygen atoms in total. The van der Waals surface area contributed by atoms with E-state index in [9.17, 15) is 22.4 Å². The van der Waals surface area contributed by atoms with Crippen molar-refractivity contribution in [2.24, 2.45) is 0 Å². The summed E-state index contributed by atoms with van der Waals surface area (Å²) in [7, 11) is -4.03. The van der Waals surface area contributed by atoms with Crippen LogP contribution in [0, 0.1) is 12.7 Å².